The number of hydrogen-bond donors (Lipinski definition) is 1. The first-order valence-corrected chi connectivity index (χ1v) is 7.18. The van der Waals surface area contributed by atoms with E-state index >= 15 is 0 Å². The van der Waals surface area contributed by atoms with Gasteiger partial charge in [0.15, 0.2) is 0 Å². The highest BCUT2D eigenvalue weighted by Gasteiger charge is 2.16. The lowest BCUT2D eigenvalue weighted by Crippen LogP contribution is -2.46. The summed E-state index contributed by atoms with van der Waals surface area (Å²) in [5, 5.41) is 3.35. The number of amidine groups is 1. The van der Waals surface area contributed by atoms with Gasteiger partial charge < -0.3 is 10.2 Å². The monoisotopic (exact) mass is 283 g/mol. The molecule has 0 atom stereocenters. The number of nitrogens with one attached hydrogen (secondary N) is 1. The normalized spacial score (nSPS) is 16.0. The summed E-state index contributed by atoms with van der Waals surface area (Å²) in [5.41, 5.74) is 1.86. The highest BCUT2D eigenvalue weighted by atomic mass is 19.1. The molecule has 1 heterocycles. The zero-order valence-electron chi connectivity index (χ0n) is 11.8. The van der Waals surface area contributed by atoms with Gasteiger partial charge in [-0.1, -0.05) is 30.3 Å². The van der Waals surface area contributed by atoms with E-state index in [0.717, 1.165) is 43.3 Å². The highest BCUT2D eigenvalue weighted by Crippen LogP contribution is 2.17. The Balaban J connectivity index is 1.96. The van der Waals surface area contributed by atoms with Crippen LogP contribution in [0.5, 0.6) is 0 Å². The Morgan fingerprint density at radius 2 is 1.62 bits per heavy atom. The van der Waals surface area contributed by atoms with Gasteiger partial charge in [0.1, 0.15) is 11.7 Å². The molecule has 2 aromatic rings. The number of piperazine rings is 1. The molecule has 0 radical (unpaired) electrons. The van der Waals surface area contributed by atoms with Gasteiger partial charge in [-0.15, -0.1) is 0 Å². The molecule has 0 saturated carbocycles. The van der Waals surface area contributed by atoms with Crippen molar-refractivity contribution in [1.82, 2.24) is 10.2 Å². The molecule has 1 fully saturated rings. The van der Waals surface area contributed by atoms with E-state index in [1.807, 2.05) is 18.2 Å². The van der Waals surface area contributed by atoms with E-state index in [9.17, 15) is 4.39 Å². The number of halogens is 1. The van der Waals surface area contributed by atoms with Gasteiger partial charge in [-0.3, -0.25) is 0 Å². The van der Waals surface area contributed by atoms with Crippen LogP contribution in [0, 0.1) is 5.82 Å². The van der Waals surface area contributed by atoms with Crippen LogP contribution in [-0.4, -0.2) is 36.9 Å². The maximum Gasteiger partial charge on any atom is 0.136 e. The van der Waals surface area contributed by atoms with Crippen molar-refractivity contribution < 1.29 is 4.39 Å². The average molecular weight is 283 g/mol. The Kier molecular flexibility index (Phi) is 4.26. The standard InChI is InChI=1S/C17H18FN3/c18-15-6-8-16(9-7-15)20-17(14-4-2-1-3-5-14)21-12-10-19-11-13-21/h1-9,19H,10-13H2. The average Bonchev–Trinajstić information content (AvgIpc) is 2.56. The van der Waals surface area contributed by atoms with Crippen LogP contribution in [0.2, 0.25) is 0 Å². The van der Waals surface area contributed by atoms with E-state index in [-0.39, 0.29) is 5.82 Å². The maximum atomic E-state index is 13.0. The van der Waals surface area contributed by atoms with Gasteiger partial charge in [-0.2, -0.15) is 0 Å². The number of benzene rings is 2. The minimum Gasteiger partial charge on any atom is -0.354 e. The molecule has 1 aliphatic heterocycles. The molecular formula is C17H18FN3. The van der Waals surface area contributed by atoms with Crippen molar-refractivity contribution in [2.75, 3.05) is 26.2 Å². The van der Waals surface area contributed by atoms with Crippen molar-refractivity contribution >= 4 is 11.5 Å². The predicted molar refractivity (Wildman–Crippen MR) is 83.5 cm³/mol. The summed E-state index contributed by atoms with van der Waals surface area (Å²) in [5.74, 6) is 0.709. The summed E-state index contributed by atoms with van der Waals surface area (Å²) in [7, 11) is 0. The lowest BCUT2D eigenvalue weighted by Gasteiger charge is -2.30. The van der Waals surface area contributed by atoms with Gasteiger partial charge in [-0.05, 0) is 24.3 Å². The van der Waals surface area contributed by atoms with Gasteiger partial charge in [0.2, 0.25) is 0 Å². The van der Waals surface area contributed by atoms with Crippen molar-refractivity contribution in [3.63, 3.8) is 0 Å². The van der Waals surface area contributed by atoms with Crippen molar-refractivity contribution in [3.05, 3.63) is 66.0 Å². The highest BCUT2D eigenvalue weighted by molar-refractivity contribution is 6.00. The first-order valence-electron chi connectivity index (χ1n) is 7.18. The fourth-order valence-corrected chi connectivity index (χ4v) is 2.42. The zero-order chi connectivity index (χ0) is 14.5. The van der Waals surface area contributed by atoms with E-state index in [2.05, 4.69) is 22.3 Å². The van der Waals surface area contributed by atoms with Crippen LogP contribution >= 0.6 is 0 Å². The maximum absolute atomic E-state index is 13.0. The molecule has 0 amide bonds. The molecule has 0 aliphatic carbocycles. The second-order valence-corrected chi connectivity index (χ2v) is 5.01. The van der Waals surface area contributed by atoms with Crippen LogP contribution in [0.3, 0.4) is 0 Å². The lowest BCUT2D eigenvalue weighted by molar-refractivity contribution is 0.358. The minimum absolute atomic E-state index is 0.239. The summed E-state index contributed by atoms with van der Waals surface area (Å²) in [4.78, 5) is 7.01. The van der Waals surface area contributed by atoms with Crippen molar-refractivity contribution in [2.24, 2.45) is 4.99 Å². The largest absolute Gasteiger partial charge is 0.354 e. The second kappa shape index (κ2) is 6.50. The lowest BCUT2D eigenvalue weighted by atomic mass is 10.1. The van der Waals surface area contributed by atoms with Crippen molar-refractivity contribution in [1.29, 1.82) is 0 Å². The summed E-state index contributed by atoms with van der Waals surface area (Å²) >= 11 is 0. The summed E-state index contributed by atoms with van der Waals surface area (Å²) in [6.45, 7) is 3.76. The Morgan fingerprint density at radius 3 is 2.29 bits per heavy atom. The Hall–Kier alpha value is -2.20. The Morgan fingerprint density at radius 1 is 0.952 bits per heavy atom. The van der Waals surface area contributed by atoms with Gasteiger partial charge in [0.05, 0.1) is 5.69 Å². The number of hydrogen-bond acceptors (Lipinski definition) is 2. The SMILES string of the molecule is Fc1ccc(N=C(c2ccccc2)N2CCNCC2)cc1. The third kappa shape index (κ3) is 3.47. The minimum atomic E-state index is -0.239. The molecule has 1 saturated heterocycles. The fraction of sp³-hybridized carbons (Fsp3) is 0.235. The number of nitrogens with zero attached hydrogens (tertiary/aromatic N) is 2. The number of rotatable bonds is 2. The third-order valence-electron chi connectivity index (χ3n) is 3.51. The van der Waals surface area contributed by atoms with Gasteiger partial charge in [0.25, 0.3) is 0 Å². The van der Waals surface area contributed by atoms with Crippen molar-refractivity contribution in [3.8, 4) is 0 Å². The molecule has 1 aliphatic rings. The molecule has 1 N–H and O–H groups in total. The van der Waals surface area contributed by atoms with E-state index < -0.39 is 0 Å². The topological polar surface area (TPSA) is 27.6 Å². The summed E-state index contributed by atoms with van der Waals surface area (Å²) in [6, 6.07) is 16.4. The first kappa shape index (κ1) is 13.8. The van der Waals surface area contributed by atoms with Gasteiger partial charge in [-0.25, -0.2) is 9.38 Å². The van der Waals surface area contributed by atoms with Crippen LogP contribution < -0.4 is 5.32 Å². The molecule has 0 aromatic heterocycles. The van der Waals surface area contributed by atoms with E-state index in [0.29, 0.717) is 0 Å². The quantitative estimate of drug-likeness (QED) is 0.678. The van der Waals surface area contributed by atoms with Crippen molar-refractivity contribution in [2.45, 2.75) is 0 Å². The van der Waals surface area contributed by atoms with Gasteiger partial charge in [0, 0.05) is 31.7 Å². The summed E-state index contributed by atoms with van der Waals surface area (Å²) in [6.07, 6.45) is 0. The molecule has 4 heteroatoms. The van der Waals surface area contributed by atoms with Crippen LogP contribution in [0.1, 0.15) is 5.56 Å². The Labute approximate surface area is 124 Å². The van der Waals surface area contributed by atoms with Crippen LogP contribution in [0.15, 0.2) is 59.6 Å². The first-order chi connectivity index (χ1) is 10.3. The van der Waals surface area contributed by atoms with Gasteiger partial charge >= 0.3 is 0 Å². The molecule has 21 heavy (non-hydrogen) atoms. The number of aliphatic imine (C=N–C) groups is 1. The molecule has 0 spiro atoms. The van der Waals surface area contributed by atoms with Crippen LogP contribution in [0.4, 0.5) is 10.1 Å². The van der Waals surface area contributed by atoms with Crippen LogP contribution in [-0.2, 0) is 0 Å². The smallest absolute Gasteiger partial charge is 0.136 e. The van der Waals surface area contributed by atoms with Crippen LogP contribution in [0.25, 0.3) is 0 Å². The molecule has 0 unspecified atom stereocenters. The predicted octanol–water partition coefficient (Wildman–Crippen LogP) is 2.81. The summed E-state index contributed by atoms with van der Waals surface area (Å²) < 4.78 is 13.0. The molecule has 3 rings (SSSR count). The molecule has 2 aromatic carbocycles. The molecule has 3 nitrogen and oxygen atoms in total. The van der Waals surface area contributed by atoms with E-state index in [4.69, 9.17) is 4.99 Å². The second-order valence-electron chi connectivity index (χ2n) is 5.01. The molecule has 0 bridgehead atoms. The molecular weight excluding hydrogens is 265 g/mol. The fourth-order valence-electron chi connectivity index (χ4n) is 2.42. The third-order valence-corrected chi connectivity index (χ3v) is 3.51. The zero-order valence-corrected chi connectivity index (χ0v) is 11.8. The van der Waals surface area contributed by atoms with E-state index in [1.54, 1.807) is 12.1 Å². The van der Waals surface area contributed by atoms with E-state index in [1.165, 1.54) is 12.1 Å². The molecule has 108 valence electrons. The Bertz CT molecular complexity index is 602.